The van der Waals surface area contributed by atoms with Crippen LogP contribution in [0.4, 0.5) is 21.5 Å². The predicted octanol–water partition coefficient (Wildman–Crippen LogP) is 16.3. The number of halogens is 1. The van der Waals surface area contributed by atoms with Gasteiger partial charge >= 0.3 is 0 Å². The van der Waals surface area contributed by atoms with Gasteiger partial charge in [0.15, 0.2) is 0 Å². The molecule has 3 heteroatoms. The fourth-order valence-electron chi connectivity index (χ4n) is 8.89. The average molecular weight is 796 g/mol. The summed E-state index contributed by atoms with van der Waals surface area (Å²) < 4.78 is 151. The summed E-state index contributed by atoms with van der Waals surface area (Å²) in [4.78, 5) is 1.03. The SMILES string of the molecule is [2H]c1c([2H])c([2H])c(-c2cc(F)c(N(c3ccc(-c4ccc5ccc6cc7c(c8ccc4c5c68)c4ccccc4n7-c4ccccc4)cc3)c3c([2H])c([2H])c([2H])c([2H])c3[2H])c(-c3c([2H])c([2H])c([2H])c([2H])c3[2H])c2)c([2H])c1[2H]. The quantitative estimate of drug-likeness (QED) is 0.146. The van der Waals surface area contributed by atoms with Gasteiger partial charge in [-0.15, -0.1) is 0 Å². The third-order valence-corrected chi connectivity index (χ3v) is 11.4. The lowest BCUT2D eigenvalue weighted by atomic mass is 9.88. The molecule has 12 aromatic rings. The molecule has 0 N–H and O–H groups in total. The van der Waals surface area contributed by atoms with Crippen LogP contribution in [-0.4, -0.2) is 4.57 Å². The maximum absolute atomic E-state index is 17.9. The molecule has 0 atom stereocenters. The van der Waals surface area contributed by atoms with Crippen molar-refractivity contribution in [2.45, 2.75) is 0 Å². The molecule has 0 aliphatic heterocycles. The normalized spacial score (nSPS) is 15.1. The highest BCUT2D eigenvalue weighted by atomic mass is 19.1. The molecule has 12 rings (SSSR count). The molecule has 61 heavy (non-hydrogen) atoms. The number of aromatic nitrogens is 1. The van der Waals surface area contributed by atoms with E-state index in [1.54, 1.807) is 24.3 Å². The zero-order chi connectivity index (χ0) is 53.5. The molecular formula is C58H37FN2. The fraction of sp³-hybridized carbons (Fsp3) is 0. The predicted molar refractivity (Wildman–Crippen MR) is 255 cm³/mol. The zero-order valence-corrected chi connectivity index (χ0v) is 32.0. The van der Waals surface area contributed by atoms with Gasteiger partial charge in [-0.1, -0.05) is 163 Å². The van der Waals surface area contributed by atoms with E-state index in [0.29, 0.717) is 5.56 Å². The Labute approximate surface area is 374 Å². The Kier molecular flexibility index (Phi) is 5.30. The minimum absolute atomic E-state index is 0.0280. The van der Waals surface area contributed by atoms with E-state index in [4.69, 9.17) is 17.8 Å². The largest absolute Gasteiger partial charge is 0.309 e. The summed E-state index contributed by atoms with van der Waals surface area (Å²) in [5, 5.41) is 8.37. The lowest BCUT2D eigenvalue weighted by molar-refractivity contribution is 0.630. The van der Waals surface area contributed by atoms with Crippen LogP contribution in [0.3, 0.4) is 0 Å². The second-order valence-electron chi connectivity index (χ2n) is 14.7. The fourth-order valence-corrected chi connectivity index (χ4v) is 8.89. The summed E-state index contributed by atoms with van der Waals surface area (Å²) in [6.07, 6.45) is 0. The molecule has 1 aromatic heterocycles. The van der Waals surface area contributed by atoms with Crippen LogP contribution in [0.1, 0.15) is 20.6 Å². The van der Waals surface area contributed by atoms with Gasteiger partial charge < -0.3 is 9.47 Å². The van der Waals surface area contributed by atoms with E-state index in [2.05, 4.69) is 59.2 Å². The summed E-state index contributed by atoms with van der Waals surface area (Å²) in [6.45, 7) is 0. The second-order valence-corrected chi connectivity index (χ2v) is 14.7. The van der Waals surface area contributed by atoms with Gasteiger partial charge in [-0.05, 0) is 121 Å². The van der Waals surface area contributed by atoms with Gasteiger partial charge in [0.1, 0.15) is 5.82 Å². The third-order valence-electron chi connectivity index (χ3n) is 11.4. The van der Waals surface area contributed by atoms with Crippen LogP contribution in [-0.2, 0) is 0 Å². The van der Waals surface area contributed by atoms with Gasteiger partial charge in [0, 0.05) is 33.4 Å². The molecule has 0 spiro atoms. The van der Waals surface area contributed by atoms with Crippen molar-refractivity contribution in [2.24, 2.45) is 0 Å². The van der Waals surface area contributed by atoms with Crippen LogP contribution in [0.15, 0.2) is 224 Å². The highest BCUT2D eigenvalue weighted by Gasteiger charge is 2.24. The Balaban J connectivity index is 1.10. The summed E-state index contributed by atoms with van der Waals surface area (Å²) in [5.41, 5.74) is 1.72. The molecule has 286 valence electrons. The number of anilines is 3. The van der Waals surface area contributed by atoms with E-state index in [1.165, 1.54) is 0 Å². The first-order chi connectivity index (χ1) is 36.4. The van der Waals surface area contributed by atoms with Crippen LogP contribution in [0.5, 0.6) is 0 Å². The molecule has 0 aliphatic rings. The van der Waals surface area contributed by atoms with Crippen molar-refractivity contribution in [3.05, 3.63) is 230 Å². The van der Waals surface area contributed by atoms with Gasteiger partial charge in [0.05, 0.1) is 37.3 Å². The number of hydrogen-bond donors (Lipinski definition) is 0. The maximum Gasteiger partial charge on any atom is 0.148 e. The Morgan fingerprint density at radius 1 is 0.410 bits per heavy atom. The topological polar surface area (TPSA) is 8.17 Å². The van der Waals surface area contributed by atoms with Gasteiger partial charge in [-0.25, -0.2) is 4.39 Å². The highest BCUT2D eigenvalue weighted by molar-refractivity contribution is 6.34. The van der Waals surface area contributed by atoms with E-state index < -0.39 is 125 Å². The Hall–Kier alpha value is -8.01. The first-order valence-corrected chi connectivity index (χ1v) is 19.6. The van der Waals surface area contributed by atoms with Crippen LogP contribution in [0.2, 0.25) is 0 Å². The van der Waals surface area contributed by atoms with Gasteiger partial charge in [-0.3, -0.25) is 0 Å². The minimum Gasteiger partial charge on any atom is -0.309 e. The molecule has 0 unspecified atom stereocenters. The summed E-state index contributed by atoms with van der Waals surface area (Å²) in [7, 11) is 0. The second kappa shape index (κ2) is 14.1. The number of para-hydroxylation sites is 3. The van der Waals surface area contributed by atoms with E-state index in [-0.39, 0.29) is 11.3 Å². The lowest BCUT2D eigenvalue weighted by Crippen LogP contribution is -2.13. The van der Waals surface area contributed by atoms with Crippen LogP contribution in [0, 0.1) is 5.82 Å². The Bertz CT molecular complexity index is 4400. The van der Waals surface area contributed by atoms with E-state index in [1.807, 2.05) is 42.5 Å². The monoisotopic (exact) mass is 795 g/mol. The van der Waals surface area contributed by atoms with Gasteiger partial charge in [0.25, 0.3) is 0 Å². The third kappa shape index (κ3) is 5.62. The number of benzene rings is 11. The molecule has 0 radical (unpaired) electrons. The summed E-state index contributed by atoms with van der Waals surface area (Å²) >= 11 is 0. The molecule has 0 aliphatic carbocycles. The minimum atomic E-state index is -1.25. The number of hydrogen-bond acceptors (Lipinski definition) is 1. The molecule has 0 fully saturated rings. The van der Waals surface area contributed by atoms with Crippen molar-refractivity contribution in [3.8, 4) is 39.1 Å². The van der Waals surface area contributed by atoms with Gasteiger partial charge in [-0.2, -0.15) is 0 Å². The Morgan fingerprint density at radius 2 is 1.05 bits per heavy atom. The van der Waals surface area contributed by atoms with E-state index in [0.717, 1.165) is 82.4 Å². The Morgan fingerprint density at radius 3 is 1.82 bits per heavy atom. The average Bonchev–Trinajstić information content (AvgIpc) is 3.84. The van der Waals surface area contributed by atoms with Crippen LogP contribution in [0.25, 0.3) is 93.2 Å². The van der Waals surface area contributed by atoms with Crippen LogP contribution >= 0.6 is 0 Å². The van der Waals surface area contributed by atoms with E-state index in [9.17, 15) is 2.74 Å². The van der Waals surface area contributed by atoms with Crippen LogP contribution < -0.4 is 4.90 Å². The van der Waals surface area contributed by atoms with Crippen molar-refractivity contribution < 1.29 is 25.0 Å². The van der Waals surface area contributed by atoms with Crippen molar-refractivity contribution in [2.75, 3.05) is 4.90 Å². The van der Waals surface area contributed by atoms with Crippen molar-refractivity contribution >= 4 is 71.2 Å². The number of nitrogens with zero attached hydrogens (tertiary/aromatic N) is 2. The maximum atomic E-state index is 17.9. The van der Waals surface area contributed by atoms with Crippen molar-refractivity contribution in [1.29, 1.82) is 0 Å². The molecule has 2 nitrogen and oxygen atoms in total. The van der Waals surface area contributed by atoms with Gasteiger partial charge in [0.2, 0.25) is 0 Å². The highest BCUT2D eigenvalue weighted by Crippen LogP contribution is 2.47. The smallest absolute Gasteiger partial charge is 0.148 e. The lowest BCUT2D eigenvalue weighted by Gasteiger charge is -2.29. The number of rotatable bonds is 7. The molecule has 0 saturated carbocycles. The van der Waals surface area contributed by atoms with Crippen molar-refractivity contribution in [1.82, 2.24) is 4.57 Å². The van der Waals surface area contributed by atoms with Crippen molar-refractivity contribution in [3.63, 3.8) is 0 Å². The summed E-state index contributed by atoms with van der Waals surface area (Å²) in [5.74, 6) is -1.25. The molecule has 0 saturated heterocycles. The number of fused-ring (bicyclic) bond motifs is 4. The first-order valence-electron chi connectivity index (χ1n) is 27.1. The molecular weight excluding hydrogens is 744 g/mol. The summed E-state index contributed by atoms with van der Waals surface area (Å²) in [6, 6.07) is 30.5. The zero-order valence-electron chi connectivity index (χ0n) is 47.0. The van der Waals surface area contributed by atoms with E-state index >= 15 is 4.39 Å². The first kappa shape index (κ1) is 23.0. The standard InChI is InChI=1S/C58H37FN2/c59-52-36-43(38-15-5-1-6-16-38)35-51(39-17-7-2-8-18-39)58(52)60(44-19-9-3-10-20-44)46-30-27-40(28-31-46)47-32-29-41-25-26-42-37-54-57(50-34-33-48(47)55(41)56(42)50)49-23-13-14-24-53(49)61(54)45-21-11-4-12-22-45/h1-37H/i1D,2D,3D,5D,6D,7D,8D,9D,10D,15D,16D,17D,18D,19D,20D. The molecule has 1 heterocycles. The molecule has 0 amide bonds. The molecule has 0 bridgehead atoms. The molecule has 11 aromatic carbocycles.